The monoisotopic (exact) mass is 360 g/mol. The Kier molecular flexibility index (Phi) is 5.93. The number of hydrazine groups is 1. The van der Waals surface area contributed by atoms with Crippen LogP contribution in [-0.4, -0.2) is 23.7 Å². The number of carbonyl (C=O) groups is 3. The molecule has 2 aromatic rings. The van der Waals surface area contributed by atoms with Gasteiger partial charge in [0.05, 0.1) is 9.75 Å². The highest BCUT2D eigenvalue weighted by Crippen LogP contribution is 2.21. The fraction of sp³-hybridized carbons (Fsp3) is 0.278. The summed E-state index contributed by atoms with van der Waals surface area (Å²) in [6.45, 7) is 6.91. The first-order chi connectivity index (χ1) is 11.8. The summed E-state index contributed by atoms with van der Waals surface area (Å²) in [6.07, 6.45) is -0.781. The lowest BCUT2D eigenvalue weighted by molar-refractivity contribution is -0.128. The van der Waals surface area contributed by atoms with Gasteiger partial charge in [-0.25, -0.2) is 0 Å². The number of ketones is 1. The Bertz CT molecular complexity index is 813. The molecule has 0 bridgehead atoms. The van der Waals surface area contributed by atoms with E-state index in [4.69, 9.17) is 4.74 Å². The number of rotatable bonds is 5. The van der Waals surface area contributed by atoms with Crippen LogP contribution >= 0.6 is 11.3 Å². The van der Waals surface area contributed by atoms with Crippen LogP contribution in [0.5, 0.6) is 5.75 Å². The maximum Gasteiger partial charge on any atom is 0.279 e. The van der Waals surface area contributed by atoms with Crippen molar-refractivity contribution in [3.8, 4) is 5.75 Å². The molecular formula is C18H20N2O4S. The molecule has 0 saturated carbocycles. The van der Waals surface area contributed by atoms with E-state index in [9.17, 15) is 14.4 Å². The maximum absolute atomic E-state index is 12.1. The van der Waals surface area contributed by atoms with E-state index in [1.165, 1.54) is 6.92 Å². The quantitative estimate of drug-likeness (QED) is 0.634. The zero-order valence-electron chi connectivity index (χ0n) is 14.5. The Morgan fingerprint density at radius 2 is 1.72 bits per heavy atom. The zero-order chi connectivity index (χ0) is 18.6. The van der Waals surface area contributed by atoms with Gasteiger partial charge in [-0.05, 0) is 57.0 Å². The van der Waals surface area contributed by atoms with Gasteiger partial charge in [-0.15, -0.1) is 11.3 Å². The normalized spacial score (nSPS) is 11.5. The Morgan fingerprint density at radius 3 is 2.36 bits per heavy atom. The highest BCUT2D eigenvalue weighted by molar-refractivity contribution is 7.15. The molecule has 0 aliphatic carbocycles. The van der Waals surface area contributed by atoms with E-state index < -0.39 is 17.9 Å². The lowest BCUT2D eigenvalue weighted by atomic mass is 10.1. The van der Waals surface area contributed by atoms with Crippen molar-refractivity contribution >= 4 is 28.9 Å². The molecule has 0 saturated heterocycles. The molecule has 2 N–H and O–H groups in total. The summed E-state index contributed by atoms with van der Waals surface area (Å²) in [4.78, 5) is 36.2. The van der Waals surface area contributed by atoms with Crippen LogP contribution in [0, 0.1) is 13.8 Å². The van der Waals surface area contributed by atoms with Crippen LogP contribution in [0.25, 0.3) is 0 Å². The first-order valence-electron chi connectivity index (χ1n) is 7.73. The SMILES string of the molecule is CC(=O)c1ccc(C(=O)NNC(=O)C(C)Oc2cccc(C)c2C)s1. The molecule has 132 valence electrons. The Balaban J connectivity index is 1.91. The van der Waals surface area contributed by atoms with Crippen LogP contribution in [-0.2, 0) is 4.79 Å². The average molecular weight is 360 g/mol. The molecule has 1 atom stereocenters. The van der Waals surface area contributed by atoms with E-state index >= 15 is 0 Å². The second-order valence-corrected chi connectivity index (χ2v) is 6.71. The number of benzene rings is 1. The van der Waals surface area contributed by atoms with Crippen molar-refractivity contribution in [1.82, 2.24) is 10.9 Å². The molecule has 25 heavy (non-hydrogen) atoms. The zero-order valence-corrected chi connectivity index (χ0v) is 15.3. The molecule has 7 heteroatoms. The Labute approximate surface area is 150 Å². The number of carbonyl (C=O) groups excluding carboxylic acids is 3. The van der Waals surface area contributed by atoms with Crippen molar-refractivity contribution in [2.75, 3.05) is 0 Å². The standard InChI is InChI=1S/C18H20N2O4S/c1-10-6-5-7-14(11(10)2)24-13(4)17(22)19-20-18(23)16-9-8-15(25-16)12(3)21/h5-9,13H,1-4H3,(H,19,22)(H,20,23). The van der Waals surface area contributed by atoms with Crippen molar-refractivity contribution in [2.45, 2.75) is 33.8 Å². The minimum atomic E-state index is -0.781. The maximum atomic E-state index is 12.1. The predicted octanol–water partition coefficient (Wildman–Crippen LogP) is 2.80. The summed E-state index contributed by atoms with van der Waals surface area (Å²) >= 11 is 1.07. The summed E-state index contributed by atoms with van der Waals surface area (Å²) in [5.41, 5.74) is 6.68. The van der Waals surface area contributed by atoms with E-state index in [0.29, 0.717) is 15.5 Å². The van der Waals surface area contributed by atoms with Crippen LogP contribution in [0.2, 0.25) is 0 Å². The number of thiophene rings is 1. The third-order valence-corrected chi connectivity index (χ3v) is 4.89. The number of amides is 2. The van der Waals surface area contributed by atoms with E-state index in [0.717, 1.165) is 22.5 Å². The summed E-state index contributed by atoms with van der Waals surface area (Å²) in [5.74, 6) is -0.440. The molecule has 2 amide bonds. The van der Waals surface area contributed by atoms with Crippen LogP contribution < -0.4 is 15.6 Å². The van der Waals surface area contributed by atoms with Crippen molar-refractivity contribution in [1.29, 1.82) is 0 Å². The number of hydrogen-bond donors (Lipinski definition) is 2. The number of Topliss-reactive ketones (excluding diaryl/α,β-unsaturated/α-hetero) is 1. The molecule has 1 aromatic carbocycles. The van der Waals surface area contributed by atoms with Crippen LogP contribution in [0.1, 0.15) is 44.3 Å². The average Bonchev–Trinajstić information content (AvgIpc) is 3.06. The number of nitrogens with one attached hydrogen (secondary N) is 2. The molecular weight excluding hydrogens is 340 g/mol. The molecule has 0 aliphatic heterocycles. The van der Waals surface area contributed by atoms with Gasteiger partial charge in [0.1, 0.15) is 5.75 Å². The van der Waals surface area contributed by atoms with E-state index in [2.05, 4.69) is 10.9 Å². The first-order valence-corrected chi connectivity index (χ1v) is 8.55. The van der Waals surface area contributed by atoms with Gasteiger partial charge >= 0.3 is 0 Å². The van der Waals surface area contributed by atoms with Gasteiger partial charge in [0.2, 0.25) is 0 Å². The summed E-state index contributed by atoms with van der Waals surface area (Å²) in [6, 6.07) is 8.73. The lowest BCUT2D eigenvalue weighted by Gasteiger charge is -2.17. The fourth-order valence-electron chi connectivity index (χ4n) is 2.03. The largest absolute Gasteiger partial charge is 0.481 e. The summed E-state index contributed by atoms with van der Waals surface area (Å²) < 4.78 is 5.66. The van der Waals surface area contributed by atoms with E-state index in [-0.39, 0.29) is 5.78 Å². The molecule has 0 fully saturated rings. The molecule has 2 rings (SSSR count). The molecule has 0 aliphatic rings. The van der Waals surface area contributed by atoms with Gasteiger partial charge < -0.3 is 4.74 Å². The van der Waals surface area contributed by atoms with Crippen molar-refractivity contribution in [3.63, 3.8) is 0 Å². The first kappa shape index (κ1) is 18.7. The number of hydrogen-bond acceptors (Lipinski definition) is 5. The van der Waals surface area contributed by atoms with E-state index in [1.807, 2.05) is 26.0 Å². The minimum Gasteiger partial charge on any atom is -0.481 e. The molecule has 0 radical (unpaired) electrons. The molecule has 0 spiro atoms. The van der Waals surface area contributed by atoms with Crippen LogP contribution in [0.4, 0.5) is 0 Å². The van der Waals surface area contributed by atoms with E-state index in [1.54, 1.807) is 25.1 Å². The minimum absolute atomic E-state index is 0.108. The number of aryl methyl sites for hydroxylation is 1. The summed E-state index contributed by atoms with van der Waals surface area (Å²) in [7, 11) is 0. The second kappa shape index (κ2) is 7.94. The van der Waals surface area contributed by atoms with Gasteiger partial charge in [-0.1, -0.05) is 12.1 Å². The summed E-state index contributed by atoms with van der Waals surface area (Å²) in [5, 5.41) is 0. The fourth-order valence-corrected chi connectivity index (χ4v) is 2.82. The lowest BCUT2D eigenvalue weighted by Crippen LogP contribution is -2.47. The van der Waals surface area contributed by atoms with Gasteiger partial charge in [0.25, 0.3) is 11.8 Å². The predicted molar refractivity (Wildman–Crippen MR) is 95.9 cm³/mol. The van der Waals surface area contributed by atoms with Gasteiger partial charge in [0, 0.05) is 0 Å². The van der Waals surface area contributed by atoms with Gasteiger partial charge in [0.15, 0.2) is 11.9 Å². The smallest absolute Gasteiger partial charge is 0.279 e. The Hall–Kier alpha value is -2.67. The topological polar surface area (TPSA) is 84.5 Å². The number of ether oxygens (including phenoxy) is 1. The van der Waals surface area contributed by atoms with Crippen LogP contribution in [0.15, 0.2) is 30.3 Å². The highest BCUT2D eigenvalue weighted by atomic mass is 32.1. The molecule has 1 heterocycles. The third-order valence-electron chi connectivity index (χ3n) is 3.70. The third kappa shape index (κ3) is 4.67. The van der Waals surface area contributed by atoms with Crippen LogP contribution in [0.3, 0.4) is 0 Å². The molecule has 6 nitrogen and oxygen atoms in total. The van der Waals surface area contributed by atoms with Crippen molar-refractivity contribution in [2.24, 2.45) is 0 Å². The van der Waals surface area contributed by atoms with Gasteiger partial charge in [-0.3, -0.25) is 25.2 Å². The highest BCUT2D eigenvalue weighted by Gasteiger charge is 2.18. The van der Waals surface area contributed by atoms with Gasteiger partial charge in [-0.2, -0.15) is 0 Å². The Morgan fingerprint density at radius 1 is 1.04 bits per heavy atom. The van der Waals surface area contributed by atoms with Crippen molar-refractivity contribution in [3.05, 3.63) is 51.2 Å². The van der Waals surface area contributed by atoms with Crippen molar-refractivity contribution < 1.29 is 19.1 Å². The molecule has 1 unspecified atom stereocenters. The molecule has 1 aromatic heterocycles. The second-order valence-electron chi connectivity index (χ2n) is 5.62.